The van der Waals surface area contributed by atoms with Gasteiger partial charge in [0.25, 0.3) is 0 Å². The Bertz CT molecular complexity index is 1150. The van der Waals surface area contributed by atoms with E-state index in [4.69, 9.17) is 28.2 Å². The molecule has 2 aromatic carbocycles. The van der Waals surface area contributed by atoms with Gasteiger partial charge in [-0.05, 0) is 62.7 Å². The highest BCUT2D eigenvalue weighted by atomic mass is 35.5. The largest absolute Gasteiger partial charge is 0.367 e. The smallest absolute Gasteiger partial charge is 0.225 e. The number of imidazole rings is 1. The first-order chi connectivity index (χ1) is 16.0. The van der Waals surface area contributed by atoms with Crippen molar-refractivity contribution in [3.05, 3.63) is 57.8 Å². The molecule has 3 aromatic rings. The second kappa shape index (κ2) is 9.53. The number of hydrogen-bond acceptors (Lipinski definition) is 4. The molecule has 8 heteroatoms. The predicted octanol–water partition coefficient (Wildman–Crippen LogP) is 4.74. The number of anilines is 1. The lowest BCUT2D eigenvalue weighted by Gasteiger charge is -2.39. The number of hydrogen-bond donors (Lipinski definition) is 1. The van der Waals surface area contributed by atoms with Crippen LogP contribution in [0.5, 0.6) is 0 Å². The average molecular weight is 486 g/mol. The van der Waals surface area contributed by atoms with Gasteiger partial charge in [-0.15, -0.1) is 0 Å². The molecular weight excluding hydrogens is 457 g/mol. The topological polar surface area (TPSA) is 55.5 Å². The fourth-order valence-corrected chi connectivity index (χ4v) is 5.38. The minimum absolute atomic E-state index is 0.112. The van der Waals surface area contributed by atoms with Crippen LogP contribution in [0, 0.1) is 12.8 Å². The summed E-state index contributed by atoms with van der Waals surface area (Å²) in [6.45, 7) is 7.73. The number of carbonyl (C=O) groups excluding carboxylic acids is 1. The summed E-state index contributed by atoms with van der Waals surface area (Å²) < 4.78 is 0. The molecule has 3 heterocycles. The Kier molecular flexibility index (Phi) is 6.50. The van der Waals surface area contributed by atoms with Gasteiger partial charge in [-0.3, -0.25) is 9.69 Å². The molecule has 0 unspecified atom stereocenters. The van der Waals surface area contributed by atoms with Crippen molar-refractivity contribution in [2.45, 2.75) is 26.3 Å². The lowest BCUT2D eigenvalue weighted by Crippen LogP contribution is -2.51. The van der Waals surface area contributed by atoms with Crippen LogP contribution in [0.4, 0.5) is 5.69 Å². The Labute approximate surface area is 204 Å². The van der Waals surface area contributed by atoms with E-state index in [0.29, 0.717) is 16.0 Å². The highest BCUT2D eigenvalue weighted by Crippen LogP contribution is 2.33. The molecule has 0 atom stereocenters. The van der Waals surface area contributed by atoms with Gasteiger partial charge in [0.1, 0.15) is 5.82 Å². The van der Waals surface area contributed by atoms with Crippen LogP contribution in [-0.2, 0) is 11.3 Å². The number of nitrogens with one attached hydrogen (secondary N) is 1. The van der Waals surface area contributed by atoms with E-state index >= 15 is 0 Å². The summed E-state index contributed by atoms with van der Waals surface area (Å²) >= 11 is 12.6. The van der Waals surface area contributed by atoms with Gasteiger partial charge in [-0.2, -0.15) is 0 Å². The second-order valence-corrected chi connectivity index (χ2v) is 9.92. The maximum atomic E-state index is 13.2. The number of H-pyrrole nitrogens is 1. The Balaban J connectivity index is 1.12. The third-order valence-electron chi connectivity index (χ3n) is 6.86. The number of nitrogens with zero attached hydrogens (tertiary/aromatic N) is 4. The van der Waals surface area contributed by atoms with E-state index in [1.54, 1.807) is 6.07 Å². The molecule has 1 amide bonds. The number of piperidine rings is 1. The summed E-state index contributed by atoms with van der Waals surface area (Å²) in [5, 5.41) is 1.16. The molecule has 0 bridgehead atoms. The summed E-state index contributed by atoms with van der Waals surface area (Å²) in [7, 11) is 0. The van der Waals surface area contributed by atoms with E-state index in [1.807, 2.05) is 17.0 Å². The van der Waals surface area contributed by atoms with Gasteiger partial charge in [0.05, 0.1) is 33.3 Å². The van der Waals surface area contributed by atoms with Gasteiger partial charge >= 0.3 is 0 Å². The number of amides is 1. The summed E-state index contributed by atoms with van der Waals surface area (Å²) in [6.07, 6.45) is 1.80. The van der Waals surface area contributed by atoms with Gasteiger partial charge in [0, 0.05) is 32.1 Å². The van der Waals surface area contributed by atoms with E-state index in [-0.39, 0.29) is 5.92 Å². The molecule has 2 saturated heterocycles. The Morgan fingerprint density at radius 1 is 1.06 bits per heavy atom. The van der Waals surface area contributed by atoms with Gasteiger partial charge in [0.2, 0.25) is 5.91 Å². The van der Waals surface area contributed by atoms with Crippen molar-refractivity contribution >= 4 is 45.8 Å². The van der Waals surface area contributed by atoms with E-state index < -0.39 is 0 Å². The van der Waals surface area contributed by atoms with Crippen LogP contribution in [0.15, 0.2) is 36.4 Å². The first-order valence-electron chi connectivity index (χ1n) is 11.6. The maximum Gasteiger partial charge on any atom is 0.225 e. The third-order valence-corrected chi connectivity index (χ3v) is 7.67. The van der Waals surface area contributed by atoms with E-state index in [9.17, 15) is 4.79 Å². The van der Waals surface area contributed by atoms with Crippen LogP contribution in [-0.4, -0.2) is 64.9 Å². The van der Waals surface area contributed by atoms with Gasteiger partial charge in [-0.1, -0.05) is 35.3 Å². The number of aryl methyl sites for hydroxylation is 1. The molecule has 5 rings (SSSR count). The number of piperazine rings is 1. The minimum atomic E-state index is 0.112. The Morgan fingerprint density at radius 2 is 1.82 bits per heavy atom. The molecule has 2 fully saturated rings. The molecule has 2 aliphatic rings. The molecule has 6 nitrogen and oxygen atoms in total. The quantitative estimate of drug-likeness (QED) is 0.579. The summed E-state index contributed by atoms with van der Waals surface area (Å²) in [6, 6.07) is 12.0. The van der Waals surface area contributed by atoms with Crippen LogP contribution in [0.3, 0.4) is 0 Å². The number of fused-ring (bicyclic) bond motifs is 1. The van der Waals surface area contributed by atoms with Gasteiger partial charge in [-0.25, -0.2) is 4.98 Å². The number of aromatic nitrogens is 2. The summed E-state index contributed by atoms with van der Waals surface area (Å²) in [5.41, 5.74) is 4.28. The van der Waals surface area contributed by atoms with Gasteiger partial charge < -0.3 is 14.8 Å². The molecule has 0 saturated carbocycles. The van der Waals surface area contributed by atoms with Crippen LogP contribution < -0.4 is 4.90 Å². The van der Waals surface area contributed by atoms with Crippen LogP contribution in [0.1, 0.15) is 24.2 Å². The number of rotatable bonds is 4. The van der Waals surface area contributed by atoms with Crippen molar-refractivity contribution in [3.8, 4) is 0 Å². The second-order valence-electron chi connectivity index (χ2n) is 9.14. The standard InChI is InChI=1S/C25H29Cl2N5O/c1-17-5-6-20-21(15-17)29-23(28-20)16-30-9-7-18(8-10-30)25(33)32-13-11-31(12-14-32)22-4-2-3-19(26)24(22)27/h2-6,15,18H,7-14,16H2,1H3,(H,28,29). The molecule has 0 radical (unpaired) electrons. The number of benzene rings is 2. The first-order valence-corrected chi connectivity index (χ1v) is 12.4. The first kappa shape index (κ1) is 22.5. The zero-order chi connectivity index (χ0) is 22.9. The predicted molar refractivity (Wildman–Crippen MR) is 134 cm³/mol. The lowest BCUT2D eigenvalue weighted by molar-refractivity contribution is -0.137. The average Bonchev–Trinajstić information content (AvgIpc) is 3.22. The van der Waals surface area contributed by atoms with Crippen molar-refractivity contribution in [1.29, 1.82) is 0 Å². The molecule has 174 valence electrons. The molecule has 1 N–H and O–H groups in total. The summed E-state index contributed by atoms with van der Waals surface area (Å²) in [5.74, 6) is 1.41. The maximum absolute atomic E-state index is 13.2. The molecule has 1 aromatic heterocycles. The van der Waals surface area contributed by atoms with Crippen molar-refractivity contribution in [2.75, 3.05) is 44.2 Å². The SMILES string of the molecule is Cc1ccc2nc(CN3CCC(C(=O)N4CCN(c5cccc(Cl)c5Cl)CC4)CC3)[nH]c2c1. The fraction of sp³-hybridized carbons (Fsp3) is 0.440. The Hall–Kier alpha value is -2.28. The zero-order valence-corrected chi connectivity index (χ0v) is 20.4. The van der Waals surface area contributed by atoms with Crippen molar-refractivity contribution < 1.29 is 4.79 Å². The zero-order valence-electron chi connectivity index (χ0n) is 18.9. The fourth-order valence-electron chi connectivity index (χ4n) is 4.96. The molecule has 0 aliphatic carbocycles. The number of likely N-dealkylation sites (tertiary alicyclic amines) is 1. The van der Waals surface area contributed by atoms with Crippen molar-refractivity contribution in [2.24, 2.45) is 5.92 Å². The number of halogens is 2. The summed E-state index contributed by atoms with van der Waals surface area (Å²) in [4.78, 5) is 28.0. The third kappa shape index (κ3) is 4.84. The Morgan fingerprint density at radius 3 is 2.58 bits per heavy atom. The number of carbonyl (C=O) groups is 1. The molecule has 33 heavy (non-hydrogen) atoms. The van der Waals surface area contributed by atoms with Gasteiger partial charge in [0.15, 0.2) is 0 Å². The van der Waals surface area contributed by atoms with Crippen LogP contribution in [0.2, 0.25) is 10.0 Å². The highest BCUT2D eigenvalue weighted by Gasteiger charge is 2.31. The van der Waals surface area contributed by atoms with E-state index in [2.05, 4.69) is 39.9 Å². The lowest BCUT2D eigenvalue weighted by atomic mass is 9.95. The minimum Gasteiger partial charge on any atom is -0.367 e. The number of aromatic amines is 1. The molecule has 0 spiro atoms. The van der Waals surface area contributed by atoms with E-state index in [1.165, 1.54) is 5.56 Å². The van der Waals surface area contributed by atoms with Crippen LogP contribution in [0.25, 0.3) is 11.0 Å². The van der Waals surface area contributed by atoms with Crippen LogP contribution >= 0.6 is 23.2 Å². The van der Waals surface area contributed by atoms with E-state index in [0.717, 1.165) is 81.2 Å². The molecule has 2 aliphatic heterocycles. The highest BCUT2D eigenvalue weighted by molar-refractivity contribution is 6.43. The normalized spacial score (nSPS) is 18.3. The van der Waals surface area contributed by atoms with Crippen molar-refractivity contribution in [1.82, 2.24) is 19.8 Å². The monoisotopic (exact) mass is 485 g/mol. The van der Waals surface area contributed by atoms with Crippen molar-refractivity contribution in [3.63, 3.8) is 0 Å². The molecular formula is C25H29Cl2N5O.